The van der Waals surface area contributed by atoms with E-state index in [1.807, 2.05) is 13.8 Å². The van der Waals surface area contributed by atoms with Crippen molar-refractivity contribution in [3.8, 4) is 11.8 Å². The summed E-state index contributed by atoms with van der Waals surface area (Å²) in [4.78, 5) is 12.7. The summed E-state index contributed by atoms with van der Waals surface area (Å²) in [6.45, 7) is 4.61. The first-order chi connectivity index (χ1) is 8.48. The maximum Gasteiger partial charge on any atom is 0.252 e. The fraction of sp³-hybridized carbons (Fsp3) is 0.462. The van der Waals surface area contributed by atoms with E-state index in [0.717, 1.165) is 4.88 Å². The molecule has 0 aromatic carbocycles. The number of nitrogens with two attached hydrogens (primary N) is 1. The average Bonchev–Trinajstić information content (AvgIpc) is 2.82. The van der Waals surface area contributed by atoms with Gasteiger partial charge in [-0.25, -0.2) is 0 Å². The van der Waals surface area contributed by atoms with Gasteiger partial charge in [0.2, 0.25) is 0 Å². The number of nitrogens with one attached hydrogen (secondary N) is 1. The molecule has 0 aliphatic carbocycles. The molecule has 1 rings (SSSR count). The average molecular weight is 266 g/mol. The smallest absolute Gasteiger partial charge is 0.252 e. The number of carbonyl (C=O) groups is 1. The van der Waals surface area contributed by atoms with Gasteiger partial charge in [0.05, 0.1) is 22.6 Å². The molecule has 98 valence electrons. The van der Waals surface area contributed by atoms with Crippen LogP contribution in [0.25, 0.3) is 0 Å². The molecule has 1 amide bonds. The van der Waals surface area contributed by atoms with Gasteiger partial charge in [0.1, 0.15) is 0 Å². The topological polar surface area (TPSA) is 64.3 Å². The van der Waals surface area contributed by atoms with E-state index in [9.17, 15) is 4.79 Å². The van der Waals surface area contributed by atoms with Crippen LogP contribution in [0, 0.1) is 11.8 Å². The molecule has 3 N–H and O–H groups in total. The van der Waals surface area contributed by atoms with Gasteiger partial charge in [0.15, 0.2) is 0 Å². The normalized spacial score (nSPS) is 10.7. The van der Waals surface area contributed by atoms with E-state index in [-0.39, 0.29) is 11.5 Å². The van der Waals surface area contributed by atoms with Crippen molar-refractivity contribution in [1.82, 2.24) is 5.32 Å². The molecule has 4 nitrogen and oxygen atoms in total. The molecule has 5 heteroatoms. The summed E-state index contributed by atoms with van der Waals surface area (Å²) >= 11 is 1.44. The van der Waals surface area contributed by atoms with Crippen LogP contribution in [0.15, 0.2) is 11.4 Å². The van der Waals surface area contributed by atoms with Crippen molar-refractivity contribution >= 4 is 17.2 Å². The summed E-state index contributed by atoms with van der Waals surface area (Å²) in [6, 6.07) is 1.77. The molecule has 0 bridgehead atoms. The SMILES string of the molecule is COC(C)(C)CNC(=O)c1csc(C#CCN)c1. The van der Waals surface area contributed by atoms with Crippen molar-refractivity contribution in [2.75, 3.05) is 20.2 Å². The largest absolute Gasteiger partial charge is 0.377 e. The van der Waals surface area contributed by atoms with Crippen LogP contribution in [0.5, 0.6) is 0 Å². The third-order valence-electron chi connectivity index (χ3n) is 2.40. The Morgan fingerprint density at radius 1 is 1.61 bits per heavy atom. The highest BCUT2D eigenvalue weighted by Gasteiger charge is 2.18. The number of hydrogen-bond donors (Lipinski definition) is 2. The van der Waals surface area contributed by atoms with E-state index >= 15 is 0 Å². The van der Waals surface area contributed by atoms with Gasteiger partial charge in [-0.2, -0.15) is 0 Å². The summed E-state index contributed by atoms with van der Waals surface area (Å²) in [5.74, 6) is 5.55. The minimum absolute atomic E-state index is 0.114. The van der Waals surface area contributed by atoms with Crippen LogP contribution in [-0.4, -0.2) is 31.7 Å². The van der Waals surface area contributed by atoms with E-state index in [4.69, 9.17) is 10.5 Å². The first-order valence-corrected chi connectivity index (χ1v) is 6.47. The van der Waals surface area contributed by atoms with Gasteiger partial charge in [0.25, 0.3) is 5.91 Å². The highest BCUT2D eigenvalue weighted by Crippen LogP contribution is 2.14. The molecule has 0 saturated carbocycles. The summed E-state index contributed by atoms with van der Waals surface area (Å²) in [5.41, 5.74) is 5.54. The van der Waals surface area contributed by atoms with Crippen molar-refractivity contribution in [2.45, 2.75) is 19.4 Å². The summed E-state index contributed by atoms with van der Waals surface area (Å²) in [5, 5.41) is 4.62. The second-order valence-corrected chi connectivity index (χ2v) is 5.26. The standard InChI is InChI=1S/C13H18N2O2S/c1-13(2,17-3)9-15-12(16)10-7-11(18-8-10)5-4-6-14/h7-8H,6,9,14H2,1-3H3,(H,15,16). The first kappa shape index (κ1) is 14.7. The highest BCUT2D eigenvalue weighted by molar-refractivity contribution is 7.10. The monoisotopic (exact) mass is 266 g/mol. The van der Waals surface area contributed by atoms with E-state index in [2.05, 4.69) is 17.2 Å². The van der Waals surface area contributed by atoms with E-state index in [0.29, 0.717) is 18.7 Å². The first-order valence-electron chi connectivity index (χ1n) is 5.59. The molecular formula is C13H18N2O2S. The minimum Gasteiger partial charge on any atom is -0.377 e. The zero-order valence-corrected chi connectivity index (χ0v) is 11.7. The molecule has 0 radical (unpaired) electrons. The van der Waals surface area contributed by atoms with Crippen molar-refractivity contribution in [3.63, 3.8) is 0 Å². The van der Waals surface area contributed by atoms with Gasteiger partial charge < -0.3 is 15.8 Å². The van der Waals surface area contributed by atoms with E-state index in [1.54, 1.807) is 18.6 Å². The zero-order chi connectivity index (χ0) is 13.6. The van der Waals surface area contributed by atoms with Crippen molar-refractivity contribution in [1.29, 1.82) is 0 Å². The number of ether oxygens (including phenoxy) is 1. The van der Waals surface area contributed by atoms with E-state index in [1.165, 1.54) is 11.3 Å². The molecule has 0 aliphatic heterocycles. The molecule has 1 aromatic heterocycles. The predicted molar refractivity (Wildman–Crippen MR) is 73.7 cm³/mol. The number of hydrogen-bond acceptors (Lipinski definition) is 4. The van der Waals surface area contributed by atoms with Crippen molar-refractivity contribution < 1.29 is 9.53 Å². The molecule has 0 unspecified atom stereocenters. The Morgan fingerprint density at radius 3 is 2.94 bits per heavy atom. The molecule has 0 saturated heterocycles. The number of carbonyl (C=O) groups excluding carboxylic acids is 1. The quantitative estimate of drug-likeness (QED) is 0.805. The van der Waals surface area contributed by atoms with Crippen LogP contribution >= 0.6 is 11.3 Å². The predicted octanol–water partition coefficient (Wildman–Crippen LogP) is 1.21. The minimum atomic E-state index is -0.367. The lowest BCUT2D eigenvalue weighted by atomic mass is 10.1. The van der Waals surface area contributed by atoms with Crippen LogP contribution in [0.3, 0.4) is 0 Å². The van der Waals surface area contributed by atoms with Crippen LogP contribution in [0.1, 0.15) is 29.1 Å². The van der Waals surface area contributed by atoms with Crippen molar-refractivity contribution in [3.05, 3.63) is 21.9 Å². The Balaban J connectivity index is 2.60. The lowest BCUT2D eigenvalue weighted by Crippen LogP contribution is -2.39. The lowest BCUT2D eigenvalue weighted by molar-refractivity contribution is 0.0229. The molecular weight excluding hydrogens is 248 g/mol. The van der Waals surface area contributed by atoms with Gasteiger partial charge in [-0.05, 0) is 19.9 Å². The Kier molecular flexibility index (Phi) is 5.35. The Hall–Kier alpha value is -1.35. The maximum absolute atomic E-state index is 11.9. The second-order valence-electron chi connectivity index (χ2n) is 4.35. The van der Waals surface area contributed by atoms with Gasteiger partial charge in [-0.15, -0.1) is 11.3 Å². The fourth-order valence-corrected chi connectivity index (χ4v) is 1.88. The highest BCUT2D eigenvalue weighted by atomic mass is 32.1. The summed E-state index contributed by atoms with van der Waals surface area (Å²) in [7, 11) is 1.62. The van der Waals surface area contributed by atoms with E-state index < -0.39 is 0 Å². The molecule has 1 heterocycles. The Labute approximate surface area is 112 Å². The number of methoxy groups -OCH3 is 1. The summed E-state index contributed by atoms with van der Waals surface area (Å²) < 4.78 is 5.23. The van der Waals surface area contributed by atoms with Crippen LogP contribution in [0.2, 0.25) is 0 Å². The third kappa shape index (κ3) is 4.49. The summed E-state index contributed by atoms with van der Waals surface area (Å²) in [6.07, 6.45) is 0. The molecule has 18 heavy (non-hydrogen) atoms. The van der Waals surface area contributed by atoms with Crippen LogP contribution < -0.4 is 11.1 Å². The molecule has 0 spiro atoms. The zero-order valence-electron chi connectivity index (χ0n) is 10.9. The number of rotatable bonds is 4. The second kappa shape index (κ2) is 6.55. The maximum atomic E-state index is 11.9. The Morgan fingerprint density at radius 2 is 2.33 bits per heavy atom. The van der Waals surface area contributed by atoms with Crippen LogP contribution in [0.4, 0.5) is 0 Å². The molecule has 0 fully saturated rings. The molecule has 0 atom stereocenters. The number of amides is 1. The molecule has 1 aromatic rings. The van der Waals surface area contributed by atoms with Gasteiger partial charge in [-0.1, -0.05) is 11.8 Å². The third-order valence-corrected chi connectivity index (χ3v) is 3.25. The van der Waals surface area contributed by atoms with Gasteiger partial charge in [0, 0.05) is 19.0 Å². The van der Waals surface area contributed by atoms with Gasteiger partial charge >= 0.3 is 0 Å². The van der Waals surface area contributed by atoms with Crippen molar-refractivity contribution in [2.24, 2.45) is 5.73 Å². The fourth-order valence-electron chi connectivity index (χ4n) is 1.13. The van der Waals surface area contributed by atoms with Crippen LogP contribution in [-0.2, 0) is 4.74 Å². The van der Waals surface area contributed by atoms with Gasteiger partial charge in [-0.3, -0.25) is 4.79 Å². The lowest BCUT2D eigenvalue weighted by Gasteiger charge is -2.22. The Bertz CT molecular complexity index is 469. The molecule has 0 aliphatic rings. The number of thiophene rings is 1.